The molecule has 8 heteroatoms. The number of carbonyl (C=O) groups is 2. The number of unbranched alkanes of at least 4 members (excludes halogenated alkanes) is 26. The van der Waals surface area contributed by atoms with E-state index in [9.17, 15) is 14.7 Å². The van der Waals surface area contributed by atoms with E-state index in [0.29, 0.717) is 19.4 Å². The minimum Gasteiger partial charge on any atom is -0.462 e. The van der Waals surface area contributed by atoms with Crippen molar-refractivity contribution < 1.29 is 24.2 Å². The molecular weight excluding hydrogens is 795 g/mol. The first kappa shape index (κ1) is 60.1. The van der Waals surface area contributed by atoms with Gasteiger partial charge in [-0.2, -0.15) is 0 Å². The predicted octanol–water partition coefficient (Wildman–Crippen LogP) is 16.2. The molecule has 1 atom stereocenters. The monoisotopic (exact) mass is 902 g/mol. The molecule has 1 heterocycles. The molecule has 0 aromatic carbocycles. The van der Waals surface area contributed by atoms with Crippen molar-refractivity contribution in [2.75, 3.05) is 13.1 Å². The largest absolute Gasteiger partial charge is 0.462 e. The molecule has 1 unspecified atom stereocenters. The highest BCUT2D eigenvalue weighted by atomic mass is 16.5. The van der Waals surface area contributed by atoms with Gasteiger partial charge in [0.1, 0.15) is 18.0 Å². The van der Waals surface area contributed by atoms with Crippen LogP contribution < -0.4 is 0 Å². The third kappa shape index (κ3) is 36.2. The number of hydrogen-bond donors (Lipinski definition) is 1. The molecule has 0 spiro atoms. The summed E-state index contributed by atoms with van der Waals surface area (Å²) >= 11 is 0. The molecule has 0 saturated heterocycles. The third-order valence-corrected chi connectivity index (χ3v) is 13.4. The summed E-state index contributed by atoms with van der Waals surface area (Å²) in [5.74, 6) is 1.01. The van der Waals surface area contributed by atoms with Gasteiger partial charge >= 0.3 is 11.9 Å². The Morgan fingerprint density at radius 3 is 1.30 bits per heavy atom. The van der Waals surface area contributed by atoms with Gasteiger partial charge in [-0.05, 0) is 90.5 Å². The van der Waals surface area contributed by atoms with Crippen LogP contribution in [0.2, 0.25) is 0 Å². The van der Waals surface area contributed by atoms with Gasteiger partial charge in [0.2, 0.25) is 0 Å². The Morgan fingerprint density at radius 1 is 0.516 bits per heavy atom. The topological polar surface area (TPSA) is 93.9 Å². The zero-order chi connectivity index (χ0) is 46.6. The fraction of sp³-hybridized carbons (Fsp3) is 0.911. The second-order valence-corrected chi connectivity index (χ2v) is 19.6. The summed E-state index contributed by atoms with van der Waals surface area (Å²) in [6.45, 7) is 14.3. The van der Waals surface area contributed by atoms with Crippen LogP contribution in [-0.2, 0) is 32.2 Å². The summed E-state index contributed by atoms with van der Waals surface area (Å²) in [5, 5.41) is 11.2. The Balaban J connectivity index is 2.47. The second-order valence-electron chi connectivity index (χ2n) is 19.6. The second kappa shape index (κ2) is 44.9. The van der Waals surface area contributed by atoms with E-state index < -0.39 is 6.10 Å². The SMILES string of the molecule is CCCCCCCCC(CCCCCCCC)OC(=O)CCCCCCCN(Cc1nccn1CC)CC(O)CCCCCC(=O)OC(CCCCCCCC)CCCCCCCC. The van der Waals surface area contributed by atoms with E-state index in [-0.39, 0.29) is 24.1 Å². The van der Waals surface area contributed by atoms with E-state index in [0.717, 1.165) is 122 Å². The lowest BCUT2D eigenvalue weighted by atomic mass is 10.0. The summed E-state index contributed by atoms with van der Waals surface area (Å²) < 4.78 is 14.3. The van der Waals surface area contributed by atoms with Gasteiger partial charge in [-0.15, -0.1) is 0 Å². The number of aliphatic hydroxyl groups is 1. The molecule has 8 nitrogen and oxygen atoms in total. The van der Waals surface area contributed by atoms with Crippen LogP contribution in [0.3, 0.4) is 0 Å². The minimum absolute atomic E-state index is 0.000248. The number of imidazole rings is 1. The van der Waals surface area contributed by atoms with Crippen molar-refractivity contribution in [1.82, 2.24) is 14.5 Å². The number of aliphatic hydroxyl groups excluding tert-OH is 1. The third-order valence-electron chi connectivity index (χ3n) is 13.4. The molecule has 0 aliphatic carbocycles. The predicted molar refractivity (Wildman–Crippen MR) is 272 cm³/mol. The average molecular weight is 902 g/mol. The van der Waals surface area contributed by atoms with E-state index in [1.165, 1.54) is 141 Å². The maximum absolute atomic E-state index is 12.9. The van der Waals surface area contributed by atoms with Gasteiger partial charge < -0.3 is 19.1 Å². The number of hydrogen-bond acceptors (Lipinski definition) is 7. The van der Waals surface area contributed by atoms with Crippen LogP contribution in [0.1, 0.15) is 291 Å². The summed E-state index contributed by atoms with van der Waals surface area (Å²) in [4.78, 5) is 32.8. The van der Waals surface area contributed by atoms with E-state index in [1.807, 2.05) is 12.4 Å². The molecule has 0 aliphatic heterocycles. The number of esters is 2. The number of rotatable bonds is 49. The number of ether oxygens (including phenoxy) is 2. The van der Waals surface area contributed by atoms with Crippen molar-refractivity contribution in [2.45, 2.75) is 316 Å². The van der Waals surface area contributed by atoms with Gasteiger partial charge in [0.25, 0.3) is 0 Å². The highest BCUT2D eigenvalue weighted by molar-refractivity contribution is 5.69. The van der Waals surface area contributed by atoms with Crippen LogP contribution >= 0.6 is 0 Å². The van der Waals surface area contributed by atoms with E-state index in [2.05, 4.69) is 49.1 Å². The van der Waals surface area contributed by atoms with Gasteiger partial charge in [0.05, 0.1) is 12.6 Å². The van der Waals surface area contributed by atoms with Crippen LogP contribution in [0, 0.1) is 0 Å². The van der Waals surface area contributed by atoms with Gasteiger partial charge in [0.15, 0.2) is 0 Å². The number of aryl methyl sites for hydroxylation is 1. The van der Waals surface area contributed by atoms with Crippen molar-refractivity contribution in [3.63, 3.8) is 0 Å². The average Bonchev–Trinajstić information content (AvgIpc) is 3.74. The lowest BCUT2D eigenvalue weighted by Gasteiger charge is -2.25. The van der Waals surface area contributed by atoms with E-state index >= 15 is 0 Å². The first-order valence-corrected chi connectivity index (χ1v) is 28.2. The number of aromatic nitrogens is 2. The smallest absolute Gasteiger partial charge is 0.306 e. The summed E-state index contributed by atoms with van der Waals surface area (Å²) in [6.07, 6.45) is 47.8. The van der Waals surface area contributed by atoms with Crippen molar-refractivity contribution in [3.05, 3.63) is 18.2 Å². The van der Waals surface area contributed by atoms with Crippen LogP contribution in [0.15, 0.2) is 12.4 Å². The number of carbonyl (C=O) groups excluding carboxylic acids is 2. The molecule has 0 radical (unpaired) electrons. The molecule has 1 rings (SSSR count). The quantitative estimate of drug-likeness (QED) is 0.0514. The molecule has 0 amide bonds. The maximum Gasteiger partial charge on any atom is 0.306 e. The van der Waals surface area contributed by atoms with E-state index in [1.54, 1.807) is 0 Å². The van der Waals surface area contributed by atoms with Crippen LogP contribution in [0.5, 0.6) is 0 Å². The molecule has 1 aromatic heterocycles. The van der Waals surface area contributed by atoms with Crippen LogP contribution in [-0.4, -0.2) is 62.9 Å². The fourth-order valence-corrected chi connectivity index (χ4v) is 9.19. The van der Waals surface area contributed by atoms with Crippen molar-refractivity contribution in [2.24, 2.45) is 0 Å². The molecule has 0 aliphatic rings. The fourth-order valence-electron chi connectivity index (χ4n) is 9.19. The molecule has 0 saturated carbocycles. The van der Waals surface area contributed by atoms with Gasteiger partial charge in [-0.25, -0.2) is 4.98 Å². The van der Waals surface area contributed by atoms with Gasteiger partial charge in [-0.1, -0.05) is 188 Å². The maximum atomic E-state index is 12.9. The highest BCUT2D eigenvalue weighted by Gasteiger charge is 2.18. The minimum atomic E-state index is -0.409. The lowest BCUT2D eigenvalue weighted by Crippen LogP contribution is -2.34. The molecule has 64 heavy (non-hydrogen) atoms. The van der Waals surface area contributed by atoms with Crippen molar-refractivity contribution >= 4 is 11.9 Å². The van der Waals surface area contributed by atoms with E-state index in [4.69, 9.17) is 9.47 Å². The zero-order valence-electron chi connectivity index (χ0n) is 43.2. The molecule has 376 valence electrons. The van der Waals surface area contributed by atoms with Gasteiger partial charge in [-0.3, -0.25) is 14.5 Å². The Labute approximate surface area is 397 Å². The summed E-state index contributed by atoms with van der Waals surface area (Å²) in [6, 6.07) is 0. The molecule has 1 N–H and O–H groups in total. The lowest BCUT2D eigenvalue weighted by molar-refractivity contribution is -0.151. The zero-order valence-corrected chi connectivity index (χ0v) is 43.2. The number of nitrogens with zero attached hydrogens (tertiary/aromatic N) is 3. The molecule has 0 fully saturated rings. The Bertz CT molecular complexity index is 1130. The summed E-state index contributed by atoms with van der Waals surface area (Å²) in [7, 11) is 0. The highest BCUT2D eigenvalue weighted by Crippen LogP contribution is 2.21. The van der Waals surface area contributed by atoms with Crippen LogP contribution in [0.25, 0.3) is 0 Å². The Hall–Kier alpha value is -1.93. The molecular formula is C56H107N3O5. The normalized spacial score (nSPS) is 12.3. The molecule has 1 aromatic rings. The summed E-state index contributed by atoms with van der Waals surface area (Å²) in [5.41, 5.74) is 0. The van der Waals surface area contributed by atoms with Crippen molar-refractivity contribution in [1.29, 1.82) is 0 Å². The standard InChI is InChI=1S/C56H107N3O5/c1-6-11-15-19-24-32-40-52(41-33-25-20-16-12-7-2)63-55(61)44-36-28-23-29-38-47-58(50-54-57-46-48-59(54)10-5)49-51(60)39-31-30-37-45-56(62)64-53(42-34-26-21-17-13-8-3)43-35-27-22-18-14-9-4/h46,48,51-53,60H,6-45,47,49-50H2,1-5H3. The first-order chi connectivity index (χ1) is 31.4. The van der Waals surface area contributed by atoms with Gasteiger partial charge in [0, 0.05) is 38.3 Å². The first-order valence-electron chi connectivity index (χ1n) is 28.2. The van der Waals surface area contributed by atoms with Crippen molar-refractivity contribution in [3.8, 4) is 0 Å². The molecule has 0 bridgehead atoms. The van der Waals surface area contributed by atoms with Crippen LogP contribution in [0.4, 0.5) is 0 Å². The Kier molecular flexibility index (Phi) is 42.1. The Morgan fingerprint density at radius 2 is 0.875 bits per heavy atom.